The number of aryl methyl sites for hydroxylation is 1. The van der Waals surface area contributed by atoms with Crippen molar-refractivity contribution >= 4 is 18.5 Å². The van der Waals surface area contributed by atoms with E-state index in [-0.39, 0.29) is 17.1 Å². The summed E-state index contributed by atoms with van der Waals surface area (Å²) in [5.41, 5.74) is 1.82. The lowest BCUT2D eigenvalue weighted by Crippen LogP contribution is -2.34. The topological polar surface area (TPSA) is 67.0 Å². The van der Waals surface area contributed by atoms with Gasteiger partial charge in [0, 0.05) is 0 Å². The molecule has 1 amide bonds. The number of H-pyrrole nitrogens is 1. The van der Waals surface area contributed by atoms with Crippen LogP contribution in [-0.2, 0) is 17.8 Å². The Morgan fingerprint density at radius 3 is 2.70 bits per heavy atom. The van der Waals surface area contributed by atoms with E-state index in [9.17, 15) is 4.79 Å². The summed E-state index contributed by atoms with van der Waals surface area (Å²) in [6.45, 7) is 9.01. The number of thiol groups is 1. The third-order valence-electron chi connectivity index (χ3n) is 3.35. The highest BCUT2D eigenvalue weighted by Gasteiger charge is 2.20. The van der Waals surface area contributed by atoms with Crippen molar-refractivity contribution in [2.75, 3.05) is 6.61 Å². The fraction of sp³-hybridized carbons (Fsp3) is 0.714. The van der Waals surface area contributed by atoms with E-state index >= 15 is 0 Å². The Bertz CT molecular complexity index is 434. The minimum Gasteiger partial charge on any atom is -0.465 e. The number of aromatic nitrogens is 2. The normalized spacial score (nSPS) is 13.8. The number of amides is 1. The van der Waals surface area contributed by atoms with Crippen LogP contribution in [0.4, 0.5) is 0 Å². The van der Waals surface area contributed by atoms with E-state index in [0.29, 0.717) is 19.2 Å². The number of carbonyl (C=O) groups is 1. The van der Waals surface area contributed by atoms with Gasteiger partial charge in [0.15, 0.2) is 0 Å². The zero-order valence-electron chi connectivity index (χ0n) is 12.7. The van der Waals surface area contributed by atoms with Crippen LogP contribution < -0.4 is 10.1 Å². The van der Waals surface area contributed by atoms with E-state index in [2.05, 4.69) is 34.8 Å². The van der Waals surface area contributed by atoms with E-state index in [1.165, 1.54) is 0 Å². The molecule has 0 unspecified atom stereocenters. The zero-order chi connectivity index (χ0) is 15.1. The van der Waals surface area contributed by atoms with Gasteiger partial charge in [-0.1, -0.05) is 27.2 Å². The van der Waals surface area contributed by atoms with E-state index in [4.69, 9.17) is 4.74 Å². The van der Waals surface area contributed by atoms with Crippen LogP contribution in [0, 0.1) is 5.92 Å². The van der Waals surface area contributed by atoms with Gasteiger partial charge in [-0.05, 0) is 19.3 Å². The van der Waals surface area contributed by atoms with Crippen LogP contribution in [0.5, 0.6) is 6.01 Å². The SMILES string of the molecule is CCOc1nc(CC)c(CNC(=O)[C@@H](S)[C@H](C)CC)[nH]1. The van der Waals surface area contributed by atoms with Crippen molar-refractivity contribution in [3.05, 3.63) is 11.4 Å². The van der Waals surface area contributed by atoms with E-state index < -0.39 is 0 Å². The summed E-state index contributed by atoms with van der Waals surface area (Å²) in [4.78, 5) is 19.4. The summed E-state index contributed by atoms with van der Waals surface area (Å²) >= 11 is 4.37. The molecule has 5 nitrogen and oxygen atoms in total. The number of rotatable bonds is 8. The molecular weight excluding hydrogens is 274 g/mol. The summed E-state index contributed by atoms with van der Waals surface area (Å²) in [5.74, 6) is 0.210. The standard InChI is InChI=1S/C14H25N3O2S/c1-5-9(4)12(20)13(18)15-8-11-10(6-2)16-14(17-11)19-7-3/h9,12,20H,5-8H2,1-4H3,(H,15,18)(H,16,17)/t9-,12+/m1/s1. The Balaban J connectivity index is 2.62. The van der Waals surface area contributed by atoms with Crippen LogP contribution in [-0.4, -0.2) is 27.7 Å². The Hall–Kier alpha value is -1.17. The smallest absolute Gasteiger partial charge is 0.294 e. The van der Waals surface area contributed by atoms with Crippen LogP contribution in [0.2, 0.25) is 0 Å². The van der Waals surface area contributed by atoms with Gasteiger partial charge in [0.1, 0.15) is 0 Å². The third kappa shape index (κ3) is 4.44. The van der Waals surface area contributed by atoms with Gasteiger partial charge >= 0.3 is 0 Å². The Kier molecular flexibility index (Phi) is 6.91. The molecule has 0 saturated heterocycles. The fourth-order valence-electron chi connectivity index (χ4n) is 1.82. The van der Waals surface area contributed by atoms with Crippen molar-refractivity contribution in [1.29, 1.82) is 0 Å². The third-order valence-corrected chi connectivity index (χ3v) is 4.09. The highest BCUT2D eigenvalue weighted by atomic mass is 32.1. The Morgan fingerprint density at radius 1 is 1.45 bits per heavy atom. The fourth-order valence-corrected chi connectivity index (χ4v) is 2.13. The van der Waals surface area contributed by atoms with Gasteiger partial charge < -0.3 is 15.0 Å². The van der Waals surface area contributed by atoms with E-state index in [0.717, 1.165) is 24.2 Å². The summed E-state index contributed by atoms with van der Waals surface area (Å²) < 4.78 is 5.34. The van der Waals surface area contributed by atoms with Gasteiger partial charge in [0.05, 0.1) is 29.8 Å². The van der Waals surface area contributed by atoms with Crippen LogP contribution in [0.3, 0.4) is 0 Å². The molecule has 0 aliphatic heterocycles. The Morgan fingerprint density at radius 2 is 2.15 bits per heavy atom. The lowest BCUT2D eigenvalue weighted by Gasteiger charge is -2.16. The van der Waals surface area contributed by atoms with Crippen LogP contribution in [0.25, 0.3) is 0 Å². The summed E-state index contributed by atoms with van der Waals surface area (Å²) in [6.07, 6.45) is 1.73. The van der Waals surface area contributed by atoms with Crippen LogP contribution in [0.1, 0.15) is 45.5 Å². The van der Waals surface area contributed by atoms with E-state index in [1.807, 2.05) is 20.8 Å². The number of nitrogens with zero attached hydrogens (tertiary/aromatic N) is 1. The van der Waals surface area contributed by atoms with Crippen LogP contribution >= 0.6 is 12.6 Å². The average Bonchev–Trinajstić information content (AvgIpc) is 2.85. The molecule has 0 fully saturated rings. The second-order valence-corrected chi connectivity index (χ2v) is 5.36. The maximum atomic E-state index is 12.0. The number of hydrogen-bond acceptors (Lipinski definition) is 4. The summed E-state index contributed by atoms with van der Waals surface area (Å²) in [5, 5.41) is 2.62. The molecule has 6 heteroatoms. The van der Waals surface area contributed by atoms with Crippen molar-refractivity contribution < 1.29 is 9.53 Å². The molecular formula is C14H25N3O2S. The van der Waals surface area contributed by atoms with Crippen LogP contribution in [0.15, 0.2) is 0 Å². The predicted octanol–water partition coefficient (Wildman–Crippen LogP) is 2.33. The molecule has 20 heavy (non-hydrogen) atoms. The molecule has 0 aromatic carbocycles. The Labute approximate surface area is 126 Å². The first-order valence-electron chi connectivity index (χ1n) is 7.19. The molecule has 0 aliphatic carbocycles. The molecule has 1 rings (SSSR count). The van der Waals surface area contributed by atoms with Crippen molar-refractivity contribution in [3.8, 4) is 6.01 Å². The molecule has 1 heterocycles. The second kappa shape index (κ2) is 8.19. The quantitative estimate of drug-likeness (QED) is 0.645. The maximum Gasteiger partial charge on any atom is 0.294 e. The monoisotopic (exact) mass is 299 g/mol. The largest absolute Gasteiger partial charge is 0.465 e. The lowest BCUT2D eigenvalue weighted by molar-refractivity contribution is -0.121. The van der Waals surface area contributed by atoms with Crippen molar-refractivity contribution in [2.24, 2.45) is 5.92 Å². The molecule has 0 radical (unpaired) electrons. The molecule has 1 aromatic rings. The first kappa shape index (κ1) is 16.9. The lowest BCUT2D eigenvalue weighted by atomic mass is 10.0. The van der Waals surface area contributed by atoms with Gasteiger partial charge in [0.2, 0.25) is 5.91 Å². The molecule has 2 N–H and O–H groups in total. The first-order chi connectivity index (χ1) is 9.53. The number of hydrogen-bond donors (Lipinski definition) is 3. The minimum absolute atomic E-state index is 0.0442. The van der Waals surface area contributed by atoms with Gasteiger partial charge in [0.25, 0.3) is 6.01 Å². The summed E-state index contributed by atoms with van der Waals surface area (Å²) in [7, 11) is 0. The number of ether oxygens (including phenoxy) is 1. The highest BCUT2D eigenvalue weighted by molar-refractivity contribution is 7.81. The van der Waals surface area contributed by atoms with Gasteiger partial charge in [-0.25, -0.2) is 4.98 Å². The maximum absolute atomic E-state index is 12.0. The molecule has 0 bridgehead atoms. The number of aromatic amines is 1. The van der Waals surface area contributed by atoms with Gasteiger partial charge in [-0.3, -0.25) is 4.79 Å². The molecule has 0 saturated carbocycles. The molecule has 0 spiro atoms. The molecule has 2 atom stereocenters. The second-order valence-electron chi connectivity index (χ2n) is 4.80. The zero-order valence-corrected chi connectivity index (χ0v) is 13.6. The van der Waals surface area contributed by atoms with E-state index in [1.54, 1.807) is 0 Å². The van der Waals surface area contributed by atoms with Gasteiger partial charge in [-0.2, -0.15) is 12.6 Å². The predicted molar refractivity (Wildman–Crippen MR) is 83.2 cm³/mol. The number of imidazole rings is 1. The number of nitrogens with one attached hydrogen (secondary N) is 2. The summed E-state index contributed by atoms with van der Waals surface area (Å²) in [6, 6.07) is 0.512. The number of carbonyl (C=O) groups excluding carboxylic acids is 1. The molecule has 1 aromatic heterocycles. The molecule has 0 aliphatic rings. The minimum atomic E-state index is -0.278. The average molecular weight is 299 g/mol. The van der Waals surface area contributed by atoms with Crippen molar-refractivity contribution in [3.63, 3.8) is 0 Å². The van der Waals surface area contributed by atoms with Crippen molar-refractivity contribution in [1.82, 2.24) is 15.3 Å². The highest BCUT2D eigenvalue weighted by Crippen LogP contribution is 2.15. The van der Waals surface area contributed by atoms with Crippen molar-refractivity contribution in [2.45, 2.75) is 52.3 Å². The molecule has 114 valence electrons. The first-order valence-corrected chi connectivity index (χ1v) is 7.71. The van der Waals surface area contributed by atoms with Gasteiger partial charge in [-0.15, -0.1) is 0 Å².